The van der Waals surface area contributed by atoms with Gasteiger partial charge in [0.2, 0.25) is 0 Å². The number of aromatic nitrogens is 4. The highest BCUT2D eigenvalue weighted by Gasteiger charge is 2.28. The number of nitriles is 1. The molecule has 2 aromatic rings. The van der Waals surface area contributed by atoms with E-state index in [1.165, 1.54) is 0 Å². The van der Waals surface area contributed by atoms with Crippen LogP contribution in [0.15, 0.2) is 12.3 Å². The van der Waals surface area contributed by atoms with E-state index in [1.807, 2.05) is 13.0 Å². The molecule has 1 aliphatic heterocycles. The van der Waals surface area contributed by atoms with Crippen LogP contribution in [-0.4, -0.2) is 33.3 Å². The molecule has 3 rings (SSSR count). The van der Waals surface area contributed by atoms with Gasteiger partial charge in [-0.1, -0.05) is 11.6 Å². The monoisotopic (exact) mass is 288 g/mol. The standard InChI is InChI=1S/C13H13ClN6/c1-8-17-12(19-18-8)10-2-3-20(7-10)13-11(14)4-9(5-15)6-16-13/h4,6,10H,2-3,7H2,1H3,(H,17,18,19). The lowest BCUT2D eigenvalue weighted by molar-refractivity contribution is 0.713. The number of nitrogens with zero attached hydrogens (tertiary/aromatic N) is 5. The number of hydrogen-bond acceptors (Lipinski definition) is 5. The molecule has 0 saturated carbocycles. The average molecular weight is 289 g/mol. The normalized spacial score (nSPS) is 18.2. The Hall–Kier alpha value is -2.13. The first-order valence-corrected chi connectivity index (χ1v) is 6.74. The van der Waals surface area contributed by atoms with Gasteiger partial charge in [-0.25, -0.2) is 9.97 Å². The van der Waals surface area contributed by atoms with Crippen molar-refractivity contribution in [2.75, 3.05) is 18.0 Å². The van der Waals surface area contributed by atoms with E-state index in [2.05, 4.69) is 25.1 Å². The summed E-state index contributed by atoms with van der Waals surface area (Å²) < 4.78 is 0. The Morgan fingerprint density at radius 3 is 3.05 bits per heavy atom. The molecule has 2 aromatic heterocycles. The summed E-state index contributed by atoms with van der Waals surface area (Å²) in [6.45, 7) is 3.54. The van der Waals surface area contributed by atoms with Crippen LogP contribution >= 0.6 is 11.6 Å². The summed E-state index contributed by atoms with van der Waals surface area (Å²) in [6.07, 6.45) is 2.51. The van der Waals surface area contributed by atoms with Crippen LogP contribution in [0, 0.1) is 18.3 Å². The van der Waals surface area contributed by atoms with Crippen molar-refractivity contribution in [3.63, 3.8) is 0 Å². The molecular weight excluding hydrogens is 276 g/mol. The molecular formula is C13H13ClN6. The summed E-state index contributed by atoms with van der Waals surface area (Å²) in [5.41, 5.74) is 0.471. The molecule has 0 spiro atoms. The van der Waals surface area contributed by atoms with Crippen LogP contribution in [0.2, 0.25) is 5.02 Å². The van der Waals surface area contributed by atoms with Crippen molar-refractivity contribution in [1.82, 2.24) is 20.2 Å². The van der Waals surface area contributed by atoms with Gasteiger partial charge >= 0.3 is 0 Å². The highest BCUT2D eigenvalue weighted by molar-refractivity contribution is 6.33. The van der Waals surface area contributed by atoms with Crippen LogP contribution in [0.25, 0.3) is 0 Å². The highest BCUT2D eigenvalue weighted by Crippen LogP contribution is 2.32. The molecule has 0 aliphatic carbocycles. The number of aromatic amines is 1. The molecule has 1 N–H and O–H groups in total. The molecule has 0 aromatic carbocycles. The third kappa shape index (κ3) is 2.32. The van der Waals surface area contributed by atoms with Gasteiger partial charge in [0, 0.05) is 25.2 Å². The van der Waals surface area contributed by atoms with Gasteiger partial charge in [-0.15, -0.1) is 0 Å². The number of pyridine rings is 1. The van der Waals surface area contributed by atoms with E-state index in [-0.39, 0.29) is 5.92 Å². The largest absolute Gasteiger partial charge is 0.355 e. The van der Waals surface area contributed by atoms with Gasteiger partial charge in [0.05, 0.1) is 10.6 Å². The maximum absolute atomic E-state index is 8.83. The third-order valence-electron chi connectivity index (χ3n) is 3.42. The summed E-state index contributed by atoms with van der Waals surface area (Å²) in [5, 5.41) is 16.4. The Kier molecular flexibility index (Phi) is 3.28. The minimum atomic E-state index is 0.286. The van der Waals surface area contributed by atoms with Crippen LogP contribution in [0.5, 0.6) is 0 Å². The fourth-order valence-electron chi connectivity index (χ4n) is 2.43. The first-order valence-electron chi connectivity index (χ1n) is 6.37. The number of anilines is 1. The number of halogens is 1. The molecule has 6 nitrogen and oxygen atoms in total. The van der Waals surface area contributed by atoms with Crippen molar-refractivity contribution in [3.05, 3.63) is 34.5 Å². The molecule has 1 atom stereocenters. The third-order valence-corrected chi connectivity index (χ3v) is 3.70. The topological polar surface area (TPSA) is 81.5 Å². The van der Waals surface area contributed by atoms with E-state index in [4.69, 9.17) is 16.9 Å². The lowest BCUT2D eigenvalue weighted by atomic mass is 10.1. The van der Waals surface area contributed by atoms with Gasteiger partial charge in [-0.2, -0.15) is 10.4 Å². The smallest absolute Gasteiger partial charge is 0.155 e. The van der Waals surface area contributed by atoms with Crippen molar-refractivity contribution in [3.8, 4) is 6.07 Å². The summed E-state index contributed by atoms with van der Waals surface area (Å²) in [4.78, 5) is 10.8. The van der Waals surface area contributed by atoms with Gasteiger partial charge in [0.1, 0.15) is 17.7 Å². The van der Waals surface area contributed by atoms with E-state index in [1.54, 1.807) is 12.3 Å². The van der Waals surface area contributed by atoms with E-state index in [0.29, 0.717) is 10.6 Å². The van der Waals surface area contributed by atoms with Crippen molar-refractivity contribution in [2.24, 2.45) is 0 Å². The van der Waals surface area contributed by atoms with Crippen molar-refractivity contribution >= 4 is 17.4 Å². The Bertz CT molecular complexity index is 674. The van der Waals surface area contributed by atoms with E-state index in [0.717, 1.165) is 37.0 Å². The Labute approximate surface area is 121 Å². The molecule has 1 saturated heterocycles. The van der Waals surface area contributed by atoms with Crippen molar-refractivity contribution in [2.45, 2.75) is 19.3 Å². The fourth-order valence-corrected chi connectivity index (χ4v) is 2.72. The zero-order valence-corrected chi connectivity index (χ0v) is 11.7. The first kappa shape index (κ1) is 12.9. The zero-order valence-electron chi connectivity index (χ0n) is 11.0. The maximum Gasteiger partial charge on any atom is 0.155 e. The number of aryl methyl sites for hydroxylation is 1. The minimum Gasteiger partial charge on any atom is -0.355 e. The van der Waals surface area contributed by atoms with E-state index >= 15 is 0 Å². The second-order valence-corrected chi connectivity index (χ2v) is 5.26. The maximum atomic E-state index is 8.83. The lowest BCUT2D eigenvalue weighted by Crippen LogP contribution is -2.21. The zero-order chi connectivity index (χ0) is 14.1. The van der Waals surface area contributed by atoms with Crippen LogP contribution in [0.3, 0.4) is 0 Å². The molecule has 1 fully saturated rings. The predicted octanol–water partition coefficient (Wildman–Crippen LogP) is 2.03. The Morgan fingerprint density at radius 2 is 2.40 bits per heavy atom. The molecule has 1 aliphatic rings. The van der Waals surface area contributed by atoms with Gasteiger partial charge in [0.15, 0.2) is 5.82 Å². The first-order chi connectivity index (χ1) is 9.67. The Balaban J connectivity index is 1.79. The second-order valence-electron chi connectivity index (χ2n) is 4.85. The molecule has 3 heterocycles. The lowest BCUT2D eigenvalue weighted by Gasteiger charge is -2.18. The summed E-state index contributed by atoms with van der Waals surface area (Å²) >= 11 is 6.19. The number of rotatable bonds is 2. The fraction of sp³-hybridized carbons (Fsp3) is 0.385. The molecule has 102 valence electrons. The predicted molar refractivity (Wildman–Crippen MR) is 74.7 cm³/mol. The van der Waals surface area contributed by atoms with Crippen LogP contribution < -0.4 is 4.90 Å². The molecule has 7 heteroatoms. The number of hydrogen-bond donors (Lipinski definition) is 1. The second kappa shape index (κ2) is 5.10. The van der Waals surface area contributed by atoms with Gasteiger partial charge in [-0.3, -0.25) is 5.10 Å². The highest BCUT2D eigenvalue weighted by atomic mass is 35.5. The number of H-pyrrole nitrogens is 1. The quantitative estimate of drug-likeness (QED) is 0.914. The number of nitrogens with one attached hydrogen (secondary N) is 1. The SMILES string of the molecule is Cc1nc(C2CCN(c3ncc(C#N)cc3Cl)C2)n[nH]1. The van der Waals surface area contributed by atoms with Gasteiger partial charge < -0.3 is 4.90 Å². The molecule has 0 radical (unpaired) electrons. The Morgan fingerprint density at radius 1 is 1.55 bits per heavy atom. The summed E-state index contributed by atoms with van der Waals surface area (Å²) in [6, 6.07) is 3.68. The molecule has 0 bridgehead atoms. The van der Waals surface area contributed by atoms with Gasteiger partial charge in [0.25, 0.3) is 0 Å². The summed E-state index contributed by atoms with van der Waals surface area (Å²) in [7, 11) is 0. The van der Waals surface area contributed by atoms with Crippen LogP contribution in [0.4, 0.5) is 5.82 Å². The van der Waals surface area contributed by atoms with E-state index < -0.39 is 0 Å². The molecule has 1 unspecified atom stereocenters. The molecule has 0 amide bonds. The van der Waals surface area contributed by atoms with Gasteiger partial charge in [-0.05, 0) is 19.4 Å². The minimum absolute atomic E-state index is 0.286. The summed E-state index contributed by atoms with van der Waals surface area (Å²) in [5.74, 6) is 2.68. The molecule has 20 heavy (non-hydrogen) atoms. The van der Waals surface area contributed by atoms with Crippen molar-refractivity contribution in [1.29, 1.82) is 5.26 Å². The van der Waals surface area contributed by atoms with Crippen molar-refractivity contribution < 1.29 is 0 Å². The van der Waals surface area contributed by atoms with Crippen LogP contribution in [-0.2, 0) is 0 Å². The van der Waals surface area contributed by atoms with E-state index in [9.17, 15) is 0 Å². The van der Waals surface area contributed by atoms with Crippen LogP contribution in [0.1, 0.15) is 29.6 Å². The average Bonchev–Trinajstić information content (AvgIpc) is 3.07.